The lowest BCUT2D eigenvalue weighted by Crippen LogP contribution is -2.02. The summed E-state index contributed by atoms with van der Waals surface area (Å²) < 4.78 is 5.61. The molecule has 0 spiro atoms. The highest BCUT2D eigenvalue weighted by molar-refractivity contribution is 6.06. The normalized spacial score (nSPS) is 9.07. The van der Waals surface area contributed by atoms with Crippen LogP contribution in [-0.4, -0.2) is 10.9 Å². The maximum Gasteiger partial charge on any atom is 0.235 e. The molecule has 0 unspecified atom stereocenters. The average molecular weight is 807 g/mol. The molecule has 1 aromatic heterocycles. The number of fused-ring (bicyclic) bond motifs is 1. The van der Waals surface area contributed by atoms with Crippen LogP contribution in [-0.2, 0) is 0 Å². The Kier molecular flexibility index (Phi) is 35.2. The van der Waals surface area contributed by atoms with Gasteiger partial charge in [0.1, 0.15) is 5.58 Å². The molecule has 1 N–H and O–H groups in total. The van der Waals surface area contributed by atoms with Crippen LogP contribution in [0.3, 0.4) is 0 Å². The van der Waals surface area contributed by atoms with Gasteiger partial charge in [-0.05, 0) is 34.9 Å². The van der Waals surface area contributed by atoms with Crippen molar-refractivity contribution < 1.29 is 14.3 Å². The number of ketones is 1. The van der Waals surface area contributed by atoms with Crippen LogP contribution in [0.15, 0.2) is 191 Å². The largest absolute Gasteiger partial charge is 0.502 e. The molecule has 0 saturated carbocycles. The van der Waals surface area contributed by atoms with E-state index in [-0.39, 0.29) is 17.3 Å². The molecule has 4 nitrogen and oxygen atoms in total. The van der Waals surface area contributed by atoms with E-state index in [1.807, 2.05) is 204 Å². The van der Waals surface area contributed by atoms with Crippen LogP contribution in [0.4, 0.5) is 0 Å². The van der Waals surface area contributed by atoms with Crippen LogP contribution >= 0.6 is 0 Å². The van der Waals surface area contributed by atoms with E-state index in [1.165, 1.54) is 11.1 Å². The molecular weight excluding hydrogens is 737 g/mol. The number of carbonyl (C=O) groups excluding carboxylic acids is 1. The van der Waals surface area contributed by atoms with Gasteiger partial charge in [0.05, 0.1) is 5.39 Å². The molecule has 0 aliphatic heterocycles. The van der Waals surface area contributed by atoms with Crippen molar-refractivity contribution in [2.75, 3.05) is 0 Å². The molecule has 0 bridgehead atoms. The molecule has 0 fully saturated rings. The number of benzene rings is 6. The summed E-state index contributed by atoms with van der Waals surface area (Å²) in [5, 5.41) is 10.3. The molecule has 0 atom stereocenters. The zero-order chi connectivity index (χ0) is 45.4. The number of para-hydroxylation sites is 1. The van der Waals surface area contributed by atoms with Gasteiger partial charge in [0, 0.05) is 11.1 Å². The van der Waals surface area contributed by atoms with Gasteiger partial charge in [0.25, 0.3) is 0 Å². The Labute approximate surface area is 362 Å². The van der Waals surface area contributed by atoms with Crippen LogP contribution < -0.4 is 5.43 Å². The van der Waals surface area contributed by atoms with Gasteiger partial charge < -0.3 is 9.52 Å². The second-order valence-corrected chi connectivity index (χ2v) is 10.6. The lowest BCUT2D eigenvalue weighted by Gasteiger charge is -2.05. The average Bonchev–Trinajstić information content (AvgIpc) is 3.37. The molecule has 0 aliphatic rings. The van der Waals surface area contributed by atoms with Gasteiger partial charge in [0.2, 0.25) is 11.2 Å². The smallest absolute Gasteiger partial charge is 0.235 e. The predicted molar refractivity (Wildman–Crippen MR) is 266 cm³/mol. The maximum absolute atomic E-state index is 12.0. The van der Waals surface area contributed by atoms with E-state index in [4.69, 9.17) is 4.42 Å². The summed E-state index contributed by atoms with van der Waals surface area (Å²) in [7, 11) is 0. The number of rotatable bonds is 6. The van der Waals surface area contributed by atoms with Crippen molar-refractivity contribution >= 4 is 35.0 Å². The predicted octanol–water partition coefficient (Wildman–Crippen LogP) is 16.8. The van der Waals surface area contributed by atoms with E-state index in [1.54, 1.807) is 42.5 Å². The monoisotopic (exact) mass is 807 g/mol. The summed E-state index contributed by atoms with van der Waals surface area (Å²) >= 11 is 0. The molecule has 318 valence electrons. The quantitative estimate of drug-likeness (QED) is 0.103. The fraction of sp³-hybridized carbons (Fsp3) is 0.214. The van der Waals surface area contributed by atoms with Crippen molar-refractivity contribution in [1.82, 2.24) is 0 Å². The van der Waals surface area contributed by atoms with Gasteiger partial charge in [-0.1, -0.05) is 265 Å². The Balaban J connectivity index is 0. The minimum atomic E-state index is -0.407. The SMILES string of the molecule is C(=C\c1ccccc1)/c1ccccc1.CC.CC.CC.CC.CC.CC.O=C(/C=C/c1ccccc1)c1ccccc1.O=c1c(O)c(-c2ccccc2)oc2ccccc12. The van der Waals surface area contributed by atoms with Gasteiger partial charge in [-0.15, -0.1) is 0 Å². The van der Waals surface area contributed by atoms with E-state index >= 15 is 0 Å². The second-order valence-electron chi connectivity index (χ2n) is 10.6. The van der Waals surface area contributed by atoms with Crippen molar-refractivity contribution in [3.05, 3.63) is 214 Å². The third kappa shape index (κ3) is 21.3. The van der Waals surface area contributed by atoms with Gasteiger partial charge in [0.15, 0.2) is 11.5 Å². The van der Waals surface area contributed by atoms with Crippen molar-refractivity contribution in [3.63, 3.8) is 0 Å². The molecule has 1 heterocycles. The summed E-state index contributed by atoms with van der Waals surface area (Å²) in [6.07, 6.45) is 7.67. The van der Waals surface area contributed by atoms with Crippen LogP contribution in [0.2, 0.25) is 0 Å². The van der Waals surface area contributed by atoms with E-state index < -0.39 is 5.43 Å². The highest BCUT2D eigenvalue weighted by Gasteiger charge is 2.14. The van der Waals surface area contributed by atoms with E-state index in [0.717, 1.165) is 11.1 Å². The molecule has 0 aliphatic carbocycles. The van der Waals surface area contributed by atoms with E-state index in [2.05, 4.69) is 36.4 Å². The molecule has 0 saturated heterocycles. The zero-order valence-electron chi connectivity index (χ0n) is 38.2. The number of allylic oxidation sites excluding steroid dienone is 1. The standard InChI is InChI=1S/C15H10O3.C15H12O.C14H12.6C2H6/c16-13-11-8-4-5-9-12(11)18-15(14(13)17)10-6-2-1-3-7-10;16-15(14-9-5-2-6-10-14)12-11-13-7-3-1-4-8-13;1-3-7-13(8-4-1)11-12-14-9-5-2-6-10-14;6*1-2/h1-9,17H;1-12H;1-12H;6*1-2H3/b;2*12-11+;;;;;;. The van der Waals surface area contributed by atoms with Crippen molar-refractivity contribution in [2.45, 2.75) is 83.1 Å². The molecule has 7 rings (SSSR count). The summed E-state index contributed by atoms with van der Waals surface area (Å²) in [6, 6.07) is 55.6. The van der Waals surface area contributed by atoms with Crippen LogP contribution in [0.1, 0.15) is 110 Å². The third-order valence-electron chi connectivity index (χ3n) is 7.16. The first kappa shape index (κ1) is 55.6. The fourth-order valence-corrected chi connectivity index (χ4v) is 4.67. The Morgan fingerprint density at radius 1 is 0.433 bits per heavy atom. The summed E-state index contributed by atoms with van der Waals surface area (Å²) in [4.78, 5) is 23.7. The van der Waals surface area contributed by atoms with Gasteiger partial charge in [-0.25, -0.2) is 0 Å². The van der Waals surface area contributed by atoms with Crippen molar-refractivity contribution in [1.29, 1.82) is 0 Å². The van der Waals surface area contributed by atoms with Gasteiger partial charge in [-0.3, -0.25) is 9.59 Å². The highest BCUT2D eigenvalue weighted by Crippen LogP contribution is 2.29. The zero-order valence-corrected chi connectivity index (χ0v) is 38.2. The van der Waals surface area contributed by atoms with E-state index in [9.17, 15) is 14.7 Å². The summed E-state index contributed by atoms with van der Waals surface area (Å²) in [5.74, 6) is -0.108. The van der Waals surface area contributed by atoms with Gasteiger partial charge in [-0.2, -0.15) is 0 Å². The number of carbonyl (C=O) groups is 1. The maximum atomic E-state index is 12.0. The summed E-state index contributed by atoms with van der Waals surface area (Å²) in [6.45, 7) is 24.0. The van der Waals surface area contributed by atoms with E-state index in [0.29, 0.717) is 16.5 Å². The molecule has 60 heavy (non-hydrogen) atoms. The Hall–Kier alpha value is -6.52. The molecule has 6 aromatic carbocycles. The fourth-order valence-electron chi connectivity index (χ4n) is 4.67. The first-order valence-electron chi connectivity index (χ1n) is 21.5. The van der Waals surface area contributed by atoms with Crippen molar-refractivity contribution in [3.8, 4) is 17.1 Å². The third-order valence-corrected chi connectivity index (χ3v) is 7.16. The minimum absolute atomic E-state index is 0.0319. The molecular formula is C56H70O4. The Morgan fingerprint density at radius 2 is 0.767 bits per heavy atom. The highest BCUT2D eigenvalue weighted by atomic mass is 16.4. The molecule has 7 aromatic rings. The first-order chi connectivity index (χ1) is 29.6. The number of hydrogen-bond donors (Lipinski definition) is 1. The summed E-state index contributed by atoms with van der Waals surface area (Å²) in [5.41, 5.74) is 4.96. The molecule has 4 heteroatoms. The lowest BCUT2D eigenvalue weighted by molar-refractivity contribution is 0.104. The van der Waals surface area contributed by atoms with Crippen LogP contribution in [0.5, 0.6) is 5.75 Å². The molecule has 0 amide bonds. The number of aromatic hydroxyl groups is 1. The second kappa shape index (κ2) is 38.0. The lowest BCUT2D eigenvalue weighted by atomic mass is 10.1. The van der Waals surface area contributed by atoms with Crippen LogP contribution in [0.25, 0.3) is 40.5 Å². The Bertz CT molecular complexity index is 2100. The van der Waals surface area contributed by atoms with Gasteiger partial charge >= 0.3 is 0 Å². The Morgan fingerprint density at radius 3 is 1.18 bits per heavy atom. The minimum Gasteiger partial charge on any atom is -0.502 e. The first-order valence-corrected chi connectivity index (χ1v) is 21.5. The topological polar surface area (TPSA) is 67.5 Å². The molecule has 0 radical (unpaired) electrons. The number of hydrogen-bond acceptors (Lipinski definition) is 4. The van der Waals surface area contributed by atoms with Crippen LogP contribution in [0, 0.1) is 0 Å². The van der Waals surface area contributed by atoms with Crippen molar-refractivity contribution in [2.24, 2.45) is 0 Å².